The Morgan fingerprint density at radius 1 is 1.35 bits per heavy atom. The number of imide groups is 1. The van der Waals surface area contributed by atoms with Crippen LogP contribution in [0.2, 0.25) is 0 Å². The molecule has 2 aromatic heterocycles. The molecule has 1 aliphatic carbocycles. The van der Waals surface area contributed by atoms with E-state index in [1.54, 1.807) is 43.6 Å². The summed E-state index contributed by atoms with van der Waals surface area (Å²) in [6.07, 6.45) is 8.18. The number of rotatable bonds is 6. The zero-order valence-corrected chi connectivity index (χ0v) is 17.2. The van der Waals surface area contributed by atoms with Crippen LogP contribution in [0.15, 0.2) is 41.7 Å². The molecule has 0 bridgehead atoms. The quantitative estimate of drug-likeness (QED) is 0.692. The van der Waals surface area contributed by atoms with E-state index in [0.29, 0.717) is 54.1 Å². The number of nitrogens with zero attached hydrogens (tertiary/aromatic N) is 4. The van der Waals surface area contributed by atoms with Crippen molar-refractivity contribution in [2.24, 2.45) is 10.7 Å². The lowest BCUT2D eigenvalue weighted by atomic mass is 10.2. The standard InChI is InChI=1S/C22H24N6O3/c1-14-19(6-7-20(26-14)27-22(30)28-10-2-3-21(28)29)31-17-8-9-24-18(11-17)15(12-23)13-25-16-4-5-16/h6-9,11-13,16H,2-5,10,23H2,1H3,(H,26,27,30). The third-order valence-electron chi connectivity index (χ3n) is 5.00. The van der Waals surface area contributed by atoms with Crippen molar-refractivity contribution in [3.63, 3.8) is 0 Å². The monoisotopic (exact) mass is 420 g/mol. The number of aryl methyl sites for hydroxylation is 1. The second kappa shape index (κ2) is 8.95. The van der Waals surface area contributed by atoms with Crippen LogP contribution in [0, 0.1) is 6.92 Å². The number of likely N-dealkylation sites (tertiary alicyclic amines) is 1. The van der Waals surface area contributed by atoms with Gasteiger partial charge in [-0.3, -0.25) is 25.0 Å². The highest BCUT2D eigenvalue weighted by Gasteiger charge is 2.26. The average Bonchev–Trinajstić information content (AvgIpc) is 3.49. The fourth-order valence-electron chi connectivity index (χ4n) is 3.13. The van der Waals surface area contributed by atoms with E-state index < -0.39 is 6.03 Å². The maximum atomic E-state index is 12.2. The minimum atomic E-state index is -0.462. The number of ether oxygens (including phenoxy) is 1. The molecule has 31 heavy (non-hydrogen) atoms. The Morgan fingerprint density at radius 2 is 2.19 bits per heavy atom. The molecule has 0 spiro atoms. The summed E-state index contributed by atoms with van der Waals surface area (Å²) in [6.45, 7) is 2.21. The van der Waals surface area contributed by atoms with Crippen molar-refractivity contribution < 1.29 is 14.3 Å². The maximum absolute atomic E-state index is 12.2. The Labute approximate surface area is 180 Å². The van der Waals surface area contributed by atoms with Crippen LogP contribution in [-0.4, -0.2) is 45.6 Å². The van der Waals surface area contributed by atoms with Gasteiger partial charge in [-0.2, -0.15) is 0 Å². The molecule has 3 N–H and O–H groups in total. The molecule has 2 fully saturated rings. The number of hydrogen-bond acceptors (Lipinski definition) is 7. The van der Waals surface area contributed by atoms with Crippen LogP contribution in [0.3, 0.4) is 0 Å². The number of anilines is 1. The molecule has 3 heterocycles. The van der Waals surface area contributed by atoms with E-state index in [1.807, 2.05) is 0 Å². The highest BCUT2D eigenvalue weighted by molar-refractivity contribution is 6.09. The molecule has 0 radical (unpaired) electrons. The number of carbonyl (C=O) groups is 2. The first-order valence-electron chi connectivity index (χ1n) is 10.2. The number of pyridine rings is 2. The summed E-state index contributed by atoms with van der Waals surface area (Å²) in [6, 6.07) is 6.81. The molecule has 0 atom stereocenters. The van der Waals surface area contributed by atoms with Gasteiger partial charge < -0.3 is 10.5 Å². The van der Waals surface area contributed by atoms with Gasteiger partial charge in [0.05, 0.1) is 17.4 Å². The van der Waals surface area contributed by atoms with Crippen molar-refractivity contribution >= 4 is 29.5 Å². The molecular formula is C22H24N6O3. The Hall–Kier alpha value is -3.75. The molecule has 2 aromatic rings. The van der Waals surface area contributed by atoms with E-state index >= 15 is 0 Å². The summed E-state index contributed by atoms with van der Waals surface area (Å²) in [5.74, 6) is 1.30. The lowest BCUT2D eigenvalue weighted by Crippen LogP contribution is -2.35. The predicted octanol–water partition coefficient (Wildman–Crippen LogP) is 3.26. The van der Waals surface area contributed by atoms with E-state index in [0.717, 1.165) is 18.4 Å². The third-order valence-corrected chi connectivity index (χ3v) is 5.00. The molecular weight excluding hydrogens is 396 g/mol. The first kappa shape index (κ1) is 20.5. The fraction of sp³-hybridized carbons (Fsp3) is 0.318. The Bertz CT molecular complexity index is 1060. The van der Waals surface area contributed by atoms with Gasteiger partial charge in [-0.15, -0.1) is 0 Å². The summed E-state index contributed by atoms with van der Waals surface area (Å²) in [4.78, 5) is 38.3. The molecule has 0 aromatic carbocycles. The van der Waals surface area contributed by atoms with Crippen LogP contribution in [0.1, 0.15) is 37.1 Å². The molecule has 0 unspecified atom stereocenters. The highest BCUT2D eigenvalue weighted by Crippen LogP contribution is 2.27. The van der Waals surface area contributed by atoms with Crippen LogP contribution in [0.5, 0.6) is 11.5 Å². The zero-order chi connectivity index (χ0) is 21.8. The molecule has 160 valence electrons. The minimum Gasteiger partial charge on any atom is -0.455 e. The highest BCUT2D eigenvalue weighted by atomic mass is 16.5. The maximum Gasteiger partial charge on any atom is 0.329 e. The number of allylic oxidation sites excluding steroid dienone is 1. The van der Waals surface area contributed by atoms with E-state index in [4.69, 9.17) is 10.5 Å². The lowest BCUT2D eigenvalue weighted by molar-refractivity contribution is -0.125. The van der Waals surface area contributed by atoms with Crippen LogP contribution >= 0.6 is 0 Å². The molecule has 1 saturated heterocycles. The summed E-state index contributed by atoms with van der Waals surface area (Å²) < 4.78 is 5.97. The molecule has 2 aliphatic rings. The number of urea groups is 1. The van der Waals surface area contributed by atoms with Gasteiger partial charge in [-0.25, -0.2) is 9.78 Å². The first-order chi connectivity index (χ1) is 15.0. The smallest absolute Gasteiger partial charge is 0.329 e. The number of carbonyl (C=O) groups excluding carboxylic acids is 2. The van der Waals surface area contributed by atoms with Crippen LogP contribution < -0.4 is 15.8 Å². The summed E-state index contributed by atoms with van der Waals surface area (Å²) in [5, 5.41) is 2.66. The second-order valence-electron chi connectivity index (χ2n) is 7.47. The van der Waals surface area contributed by atoms with Gasteiger partial charge in [0, 0.05) is 43.2 Å². The van der Waals surface area contributed by atoms with Crippen LogP contribution in [0.4, 0.5) is 10.6 Å². The topological polar surface area (TPSA) is 123 Å². The van der Waals surface area contributed by atoms with Crippen molar-refractivity contribution in [3.8, 4) is 11.5 Å². The van der Waals surface area contributed by atoms with E-state index in [1.165, 1.54) is 11.1 Å². The number of amides is 3. The zero-order valence-electron chi connectivity index (χ0n) is 17.2. The average molecular weight is 420 g/mol. The summed E-state index contributed by atoms with van der Waals surface area (Å²) >= 11 is 0. The number of nitrogens with two attached hydrogens (primary N) is 1. The fourth-order valence-corrected chi connectivity index (χ4v) is 3.13. The Balaban J connectivity index is 1.44. The normalized spacial score (nSPS) is 16.7. The first-order valence-corrected chi connectivity index (χ1v) is 10.2. The summed E-state index contributed by atoms with van der Waals surface area (Å²) in [7, 11) is 0. The lowest BCUT2D eigenvalue weighted by Gasteiger charge is -2.15. The van der Waals surface area contributed by atoms with E-state index in [-0.39, 0.29) is 5.91 Å². The Morgan fingerprint density at radius 3 is 2.87 bits per heavy atom. The molecule has 4 rings (SSSR count). The van der Waals surface area contributed by atoms with Crippen molar-refractivity contribution in [2.75, 3.05) is 11.9 Å². The van der Waals surface area contributed by atoms with Gasteiger partial charge in [0.1, 0.15) is 17.3 Å². The van der Waals surface area contributed by atoms with Gasteiger partial charge in [0.2, 0.25) is 5.91 Å². The van der Waals surface area contributed by atoms with Crippen LogP contribution in [0.25, 0.3) is 5.57 Å². The second-order valence-corrected chi connectivity index (χ2v) is 7.47. The van der Waals surface area contributed by atoms with E-state index in [9.17, 15) is 9.59 Å². The molecule has 3 amide bonds. The number of hydrogen-bond donors (Lipinski definition) is 2. The van der Waals surface area contributed by atoms with Crippen molar-refractivity contribution in [3.05, 3.63) is 48.1 Å². The predicted molar refractivity (Wildman–Crippen MR) is 117 cm³/mol. The van der Waals surface area contributed by atoms with E-state index in [2.05, 4.69) is 20.3 Å². The minimum absolute atomic E-state index is 0.171. The van der Waals surface area contributed by atoms with Crippen molar-refractivity contribution in [2.45, 2.75) is 38.6 Å². The van der Waals surface area contributed by atoms with Gasteiger partial charge in [0.15, 0.2) is 0 Å². The summed E-state index contributed by atoms with van der Waals surface area (Å²) in [5.41, 5.74) is 7.72. The number of aromatic nitrogens is 2. The Kier molecular flexibility index (Phi) is 5.92. The SMILES string of the molecule is Cc1nc(NC(=O)N2CCCC2=O)ccc1Oc1ccnc(C(C=NC2CC2)=CN)c1. The largest absolute Gasteiger partial charge is 0.455 e. The number of aliphatic imine (C=N–C) groups is 1. The molecule has 9 heteroatoms. The van der Waals surface area contributed by atoms with Gasteiger partial charge in [-0.05, 0) is 44.4 Å². The van der Waals surface area contributed by atoms with Gasteiger partial charge >= 0.3 is 6.03 Å². The van der Waals surface area contributed by atoms with Gasteiger partial charge in [-0.1, -0.05) is 0 Å². The molecule has 1 saturated carbocycles. The molecule has 9 nitrogen and oxygen atoms in total. The van der Waals surface area contributed by atoms with Crippen LogP contribution in [-0.2, 0) is 4.79 Å². The van der Waals surface area contributed by atoms with Gasteiger partial charge in [0.25, 0.3) is 0 Å². The van der Waals surface area contributed by atoms with Crippen molar-refractivity contribution in [1.29, 1.82) is 0 Å². The third kappa shape index (κ3) is 5.06. The number of nitrogens with one attached hydrogen (secondary N) is 1. The molecule has 1 aliphatic heterocycles. The van der Waals surface area contributed by atoms with Crippen molar-refractivity contribution in [1.82, 2.24) is 14.9 Å².